The van der Waals surface area contributed by atoms with Crippen LogP contribution < -0.4 is 4.90 Å². The molecule has 1 amide bonds. The molecule has 0 bridgehead atoms. The lowest BCUT2D eigenvalue weighted by atomic mass is 10.1. The number of hydrogen-bond acceptors (Lipinski definition) is 3. The number of nitrogens with zero attached hydrogens (tertiary/aromatic N) is 3. The molecule has 0 aliphatic rings. The highest BCUT2D eigenvalue weighted by molar-refractivity contribution is 6.06. The number of hydrogen-bond donors (Lipinski definition) is 1. The summed E-state index contributed by atoms with van der Waals surface area (Å²) in [6.07, 6.45) is 2.43. The lowest BCUT2D eigenvalue weighted by Gasteiger charge is -2.17. The summed E-state index contributed by atoms with van der Waals surface area (Å²) in [5.41, 5.74) is 2.02. The second kappa shape index (κ2) is 5.14. The van der Waals surface area contributed by atoms with E-state index in [1.807, 2.05) is 6.92 Å². The molecule has 0 unspecified atom stereocenters. The Morgan fingerprint density at radius 3 is 2.84 bits per heavy atom. The van der Waals surface area contributed by atoms with E-state index in [4.69, 9.17) is 0 Å². The summed E-state index contributed by atoms with van der Waals surface area (Å²) >= 11 is 0. The molecule has 0 saturated carbocycles. The maximum Gasteiger partial charge on any atom is 0.261 e. The Hall–Kier alpha value is -2.30. The Labute approximate surface area is 112 Å². The molecule has 0 aliphatic carbocycles. The summed E-state index contributed by atoms with van der Waals surface area (Å²) in [6, 6.07) is 6.61. The number of aromatic hydroxyl groups is 1. The Bertz CT molecular complexity index is 604. The maximum atomic E-state index is 12.4. The molecule has 19 heavy (non-hydrogen) atoms. The Kier molecular flexibility index (Phi) is 3.55. The molecule has 1 N–H and O–H groups in total. The van der Waals surface area contributed by atoms with E-state index in [2.05, 4.69) is 5.10 Å². The van der Waals surface area contributed by atoms with Gasteiger partial charge in [-0.1, -0.05) is 13.0 Å². The zero-order valence-electron chi connectivity index (χ0n) is 11.3. The Morgan fingerprint density at radius 2 is 2.21 bits per heavy atom. The SMILES string of the molecule is CCc1nn(C)cc1C(=O)N(C)c1cccc(O)c1. The molecule has 0 fully saturated rings. The van der Waals surface area contributed by atoms with Gasteiger partial charge in [-0.3, -0.25) is 9.48 Å². The molecule has 1 heterocycles. The fourth-order valence-corrected chi connectivity index (χ4v) is 1.97. The third-order valence-corrected chi connectivity index (χ3v) is 2.99. The lowest BCUT2D eigenvalue weighted by Crippen LogP contribution is -2.26. The minimum absolute atomic E-state index is 0.129. The van der Waals surface area contributed by atoms with Gasteiger partial charge in [0, 0.05) is 32.0 Å². The molecule has 0 spiro atoms. The summed E-state index contributed by atoms with van der Waals surface area (Å²) in [5.74, 6) is 0.00889. The smallest absolute Gasteiger partial charge is 0.261 e. The molecule has 0 atom stereocenters. The topological polar surface area (TPSA) is 58.4 Å². The van der Waals surface area contributed by atoms with Gasteiger partial charge in [0.15, 0.2) is 0 Å². The van der Waals surface area contributed by atoms with Crippen molar-refractivity contribution in [3.8, 4) is 5.75 Å². The summed E-state index contributed by atoms with van der Waals surface area (Å²) in [4.78, 5) is 14.0. The van der Waals surface area contributed by atoms with Crippen LogP contribution in [0.2, 0.25) is 0 Å². The van der Waals surface area contributed by atoms with E-state index >= 15 is 0 Å². The fourth-order valence-electron chi connectivity index (χ4n) is 1.97. The normalized spacial score (nSPS) is 10.5. The molecular formula is C14H17N3O2. The number of benzene rings is 1. The van der Waals surface area contributed by atoms with Gasteiger partial charge in [-0.05, 0) is 18.6 Å². The summed E-state index contributed by atoms with van der Waals surface area (Å²) < 4.78 is 1.64. The zero-order chi connectivity index (χ0) is 14.0. The van der Waals surface area contributed by atoms with Gasteiger partial charge in [0.2, 0.25) is 0 Å². The second-order valence-electron chi connectivity index (χ2n) is 4.40. The fraction of sp³-hybridized carbons (Fsp3) is 0.286. The average molecular weight is 259 g/mol. The largest absolute Gasteiger partial charge is 0.508 e. The molecular weight excluding hydrogens is 242 g/mol. The van der Waals surface area contributed by atoms with E-state index in [1.165, 1.54) is 4.90 Å². The number of phenols is 1. The van der Waals surface area contributed by atoms with Gasteiger partial charge in [0.1, 0.15) is 5.75 Å². The molecule has 5 heteroatoms. The van der Waals surface area contributed by atoms with Gasteiger partial charge in [0.25, 0.3) is 5.91 Å². The number of carbonyl (C=O) groups excluding carboxylic acids is 1. The van der Waals surface area contributed by atoms with Gasteiger partial charge in [0.05, 0.1) is 11.3 Å². The highest BCUT2D eigenvalue weighted by atomic mass is 16.3. The molecule has 5 nitrogen and oxygen atoms in total. The number of aryl methyl sites for hydroxylation is 2. The molecule has 2 rings (SSSR count). The number of anilines is 1. The summed E-state index contributed by atoms with van der Waals surface area (Å²) in [7, 11) is 3.48. The maximum absolute atomic E-state index is 12.4. The van der Waals surface area contributed by atoms with Crippen molar-refractivity contribution in [2.45, 2.75) is 13.3 Å². The molecule has 1 aromatic heterocycles. The van der Waals surface area contributed by atoms with E-state index in [0.717, 1.165) is 5.69 Å². The first-order valence-corrected chi connectivity index (χ1v) is 6.12. The highest BCUT2D eigenvalue weighted by Crippen LogP contribution is 2.21. The number of carbonyl (C=O) groups is 1. The first-order chi connectivity index (χ1) is 9.02. The van der Waals surface area contributed by atoms with Crippen molar-refractivity contribution in [2.24, 2.45) is 7.05 Å². The van der Waals surface area contributed by atoms with Gasteiger partial charge >= 0.3 is 0 Å². The lowest BCUT2D eigenvalue weighted by molar-refractivity contribution is 0.0992. The number of aromatic nitrogens is 2. The van der Waals surface area contributed by atoms with Crippen molar-refractivity contribution < 1.29 is 9.90 Å². The second-order valence-corrected chi connectivity index (χ2v) is 4.40. The van der Waals surface area contributed by atoms with E-state index in [-0.39, 0.29) is 11.7 Å². The van der Waals surface area contributed by atoms with E-state index in [0.29, 0.717) is 17.7 Å². The minimum Gasteiger partial charge on any atom is -0.508 e. The van der Waals surface area contributed by atoms with Crippen LogP contribution in [0.5, 0.6) is 5.75 Å². The molecule has 0 radical (unpaired) electrons. The zero-order valence-corrected chi connectivity index (χ0v) is 11.3. The Morgan fingerprint density at radius 1 is 1.47 bits per heavy atom. The Balaban J connectivity index is 2.33. The first-order valence-electron chi connectivity index (χ1n) is 6.12. The molecule has 0 saturated heterocycles. The highest BCUT2D eigenvalue weighted by Gasteiger charge is 2.19. The van der Waals surface area contributed by atoms with Crippen LogP contribution in [0.4, 0.5) is 5.69 Å². The van der Waals surface area contributed by atoms with Gasteiger partial charge in [-0.2, -0.15) is 5.10 Å². The van der Waals surface area contributed by atoms with Crippen LogP contribution >= 0.6 is 0 Å². The van der Waals surface area contributed by atoms with Crippen molar-refractivity contribution >= 4 is 11.6 Å². The predicted octanol–water partition coefficient (Wildman–Crippen LogP) is 1.96. The third-order valence-electron chi connectivity index (χ3n) is 2.99. The van der Waals surface area contributed by atoms with Crippen LogP contribution in [0.15, 0.2) is 30.5 Å². The number of phenolic OH excluding ortho intramolecular Hbond substituents is 1. The quantitative estimate of drug-likeness (QED) is 0.916. The van der Waals surface area contributed by atoms with Gasteiger partial charge in [-0.25, -0.2) is 0 Å². The van der Waals surface area contributed by atoms with Crippen molar-refractivity contribution in [3.63, 3.8) is 0 Å². The van der Waals surface area contributed by atoms with Crippen LogP contribution in [-0.2, 0) is 13.5 Å². The van der Waals surface area contributed by atoms with Crippen LogP contribution in [0.25, 0.3) is 0 Å². The van der Waals surface area contributed by atoms with Crippen LogP contribution in [0.3, 0.4) is 0 Å². The van der Waals surface area contributed by atoms with E-state index < -0.39 is 0 Å². The van der Waals surface area contributed by atoms with Gasteiger partial charge < -0.3 is 10.0 Å². The number of rotatable bonds is 3. The molecule has 1 aromatic carbocycles. The van der Waals surface area contributed by atoms with Crippen molar-refractivity contribution in [1.29, 1.82) is 0 Å². The minimum atomic E-state index is -0.129. The van der Waals surface area contributed by atoms with Crippen molar-refractivity contribution in [1.82, 2.24) is 9.78 Å². The molecule has 0 aliphatic heterocycles. The standard InChI is InChI=1S/C14H17N3O2/c1-4-13-12(9-16(2)15-13)14(19)17(3)10-6-5-7-11(18)8-10/h5-9,18H,4H2,1-3H3. The van der Waals surface area contributed by atoms with Crippen molar-refractivity contribution in [3.05, 3.63) is 41.7 Å². The van der Waals surface area contributed by atoms with E-state index in [1.54, 1.807) is 49.2 Å². The summed E-state index contributed by atoms with van der Waals surface area (Å²) in [5, 5.41) is 13.7. The van der Waals surface area contributed by atoms with E-state index in [9.17, 15) is 9.90 Å². The predicted molar refractivity (Wildman–Crippen MR) is 73.4 cm³/mol. The van der Waals surface area contributed by atoms with Crippen LogP contribution in [-0.4, -0.2) is 27.8 Å². The first kappa shape index (κ1) is 13.1. The van der Waals surface area contributed by atoms with Crippen molar-refractivity contribution in [2.75, 3.05) is 11.9 Å². The van der Waals surface area contributed by atoms with Gasteiger partial charge in [-0.15, -0.1) is 0 Å². The molecule has 2 aromatic rings. The molecule has 100 valence electrons. The third kappa shape index (κ3) is 2.59. The monoisotopic (exact) mass is 259 g/mol. The number of amides is 1. The van der Waals surface area contributed by atoms with Crippen LogP contribution in [0, 0.1) is 0 Å². The summed E-state index contributed by atoms with van der Waals surface area (Å²) in [6.45, 7) is 1.97. The average Bonchev–Trinajstić information content (AvgIpc) is 2.78. The van der Waals surface area contributed by atoms with Crippen LogP contribution in [0.1, 0.15) is 23.0 Å².